The number of amides is 1. The maximum Gasteiger partial charge on any atom is 0.407 e. The standard InChI is InChI=1S/C18H28N2O3/c1-18(2,3)23-17(21)19-15-10-11-20(4)12-16(15)22-13-14-8-6-5-7-9-14/h5-9,15-16H,10-13H2,1-4H3,(H,19,21). The van der Waals surface area contributed by atoms with Gasteiger partial charge in [0.25, 0.3) is 0 Å². The summed E-state index contributed by atoms with van der Waals surface area (Å²) in [5.74, 6) is 0. The first-order chi connectivity index (χ1) is 10.8. The smallest absolute Gasteiger partial charge is 0.407 e. The van der Waals surface area contributed by atoms with Crippen molar-refractivity contribution in [1.82, 2.24) is 10.2 Å². The molecule has 1 amide bonds. The number of hydrogen-bond acceptors (Lipinski definition) is 4. The fraction of sp³-hybridized carbons (Fsp3) is 0.611. The van der Waals surface area contributed by atoms with Gasteiger partial charge in [0, 0.05) is 6.54 Å². The molecular formula is C18H28N2O3. The highest BCUT2D eigenvalue weighted by Crippen LogP contribution is 2.16. The van der Waals surface area contributed by atoms with Crippen LogP contribution in [0, 0.1) is 0 Å². The van der Waals surface area contributed by atoms with E-state index in [0.717, 1.165) is 25.1 Å². The molecule has 1 aliphatic heterocycles. The molecule has 1 aromatic carbocycles. The summed E-state index contributed by atoms with van der Waals surface area (Å²) in [5.41, 5.74) is 0.646. The van der Waals surface area contributed by atoms with Gasteiger partial charge in [0.2, 0.25) is 0 Å². The lowest BCUT2D eigenvalue weighted by atomic mass is 10.0. The number of hydrogen-bond donors (Lipinski definition) is 1. The number of carbonyl (C=O) groups is 1. The van der Waals surface area contributed by atoms with E-state index in [2.05, 4.69) is 17.3 Å². The molecule has 1 heterocycles. The van der Waals surface area contributed by atoms with Crippen LogP contribution < -0.4 is 5.32 Å². The van der Waals surface area contributed by atoms with E-state index in [1.807, 2.05) is 51.1 Å². The van der Waals surface area contributed by atoms with Gasteiger partial charge in [-0.3, -0.25) is 0 Å². The molecule has 0 aromatic heterocycles. The van der Waals surface area contributed by atoms with Crippen molar-refractivity contribution in [3.05, 3.63) is 35.9 Å². The molecule has 2 rings (SSSR count). The molecular weight excluding hydrogens is 292 g/mol. The molecule has 0 bridgehead atoms. The van der Waals surface area contributed by atoms with Gasteiger partial charge in [0.15, 0.2) is 0 Å². The third-order valence-electron chi connectivity index (χ3n) is 3.77. The summed E-state index contributed by atoms with van der Waals surface area (Å²) in [4.78, 5) is 14.3. The SMILES string of the molecule is CN1CCC(NC(=O)OC(C)(C)C)C(OCc2ccccc2)C1. The van der Waals surface area contributed by atoms with Crippen molar-refractivity contribution in [2.75, 3.05) is 20.1 Å². The van der Waals surface area contributed by atoms with E-state index < -0.39 is 5.60 Å². The van der Waals surface area contributed by atoms with Gasteiger partial charge in [-0.05, 0) is 46.3 Å². The summed E-state index contributed by atoms with van der Waals surface area (Å²) in [6.07, 6.45) is 0.441. The van der Waals surface area contributed by atoms with Crippen molar-refractivity contribution in [3.8, 4) is 0 Å². The third kappa shape index (κ3) is 6.20. The third-order valence-corrected chi connectivity index (χ3v) is 3.77. The van der Waals surface area contributed by atoms with Crippen LogP contribution in [0.2, 0.25) is 0 Å². The Bertz CT molecular complexity index is 499. The lowest BCUT2D eigenvalue weighted by molar-refractivity contribution is -0.0287. The Hall–Kier alpha value is -1.59. The number of alkyl carbamates (subject to hydrolysis) is 1. The quantitative estimate of drug-likeness (QED) is 0.927. The molecule has 1 fully saturated rings. The van der Waals surface area contributed by atoms with Gasteiger partial charge < -0.3 is 19.7 Å². The molecule has 0 aliphatic carbocycles. The largest absolute Gasteiger partial charge is 0.444 e. The topological polar surface area (TPSA) is 50.8 Å². The minimum absolute atomic E-state index is 0.0234. The van der Waals surface area contributed by atoms with Crippen LogP contribution in [0.5, 0.6) is 0 Å². The molecule has 1 aliphatic rings. The molecule has 23 heavy (non-hydrogen) atoms. The normalized spacial score (nSPS) is 22.6. The zero-order chi connectivity index (χ0) is 16.9. The zero-order valence-electron chi connectivity index (χ0n) is 14.5. The monoisotopic (exact) mass is 320 g/mol. The van der Waals surface area contributed by atoms with Crippen LogP contribution in [-0.4, -0.2) is 48.9 Å². The van der Waals surface area contributed by atoms with Crippen molar-refractivity contribution in [2.45, 2.75) is 51.5 Å². The summed E-state index contributed by atoms with van der Waals surface area (Å²) in [6, 6.07) is 10.1. The van der Waals surface area contributed by atoms with Crippen molar-refractivity contribution in [1.29, 1.82) is 0 Å². The predicted octanol–water partition coefficient (Wildman–Crippen LogP) is 2.80. The van der Waals surface area contributed by atoms with Crippen LogP contribution in [-0.2, 0) is 16.1 Å². The van der Waals surface area contributed by atoms with E-state index in [1.165, 1.54) is 0 Å². The van der Waals surface area contributed by atoms with Gasteiger partial charge in [-0.1, -0.05) is 30.3 Å². The van der Waals surface area contributed by atoms with Crippen molar-refractivity contribution < 1.29 is 14.3 Å². The van der Waals surface area contributed by atoms with Crippen LogP contribution in [0.1, 0.15) is 32.8 Å². The second-order valence-corrected chi connectivity index (χ2v) is 7.14. The summed E-state index contributed by atoms with van der Waals surface area (Å²) in [6.45, 7) is 7.88. The molecule has 1 aromatic rings. The molecule has 0 radical (unpaired) electrons. The van der Waals surface area contributed by atoms with Crippen LogP contribution in [0.15, 0.2) is 30.3 Å². The molecule has 5 nitrogen and oxygen atoms in total. The second-order valence-electron chi connectivity index (χ2n) is 7.14. The lowest BCUT2D eigenvalue weighted by Crippen LogP contribution is -2.54. The van der Waals surface area contributed by atoms with Crippen LogP contribution in [0.4, 0.5) is 4.79 Å². The Morgan fingerprint density at radius 3 is 2.65 bits per heavy atom. The fourth-order valence-corrected chi connectivity index (χ4v) is 2.64. The van der Waals surface area contributed by atoms with Crippen molar-refractivity contribution in [2.24, 2.45) is 0 Å². The first kappa shape index (κ1) is 17.8. The van der Waals surface area contributed by atoms with Gasteiger partial charge >= 0.3 is 6.09 Å². The summed E-state index contributed by atoms with van der Waals surface area (Å²) in [7, 11) is 2.07. The molecule has 0 spiro atoms. The molecule has 128 valence electrons. The van der Waals surface area contributed by atoms with E-state index >= 15 is 0 Å². The van der Waals surface area contributed by atoms with Gasteiger partial charge in [-0.25, -0.2) is 4.79 Å². The highest BCUT2D eigenvalue weighted by molar-refractivity contribution is 5.68. The van der Waals surface area contributed by atoms with Gasteiger partial charge in [-0.2, -0.15) is 0 Å². The summed E-state index contributed by atoms with van der Waals surface area (Å²) >= 11 is 0. The molecule has 0 saturated carbocycles. The Balaban J connectivity index is 1.91. The highest BCUT2D eigenvalue weighted by Gasteiger charge is 2.31. The van der Waals surface area contributed by atoms with E-state index in [9.17, 15) is 4.79 Å². The highest BCUT2D eigenvalue weighted by atomic mass is 16.6. The average molecular weight is 320 g/mol. The van der Waals surface area contributed by atoms with Crippen LogP contribution >= 0.6 is 0 Å². The minimum Gasteiger partial charge on any atom is -0.444 e. The first-order valence-electron chi connectivity index (χ1n) is 8.17. The number of nitrogens with zero attached hydrogens (tertiary/aromatic N) is 1. The number of piperidine rings is 1. The molecule has 1 N–H and O–H groups in total. The predicted molar refractivity (Wildman–Crippen MR) is 90.3 cm³/mol. The number of likely N-dealkylation sites (tertiary alicyclic amines) is 1. The zero-order valence-corrected chi connectivity index (χ0v) is 14.5. The average Bonchev–Trinajstić information content (AvgIpc) is 2.46. The van der Waals surface area contributed by atoms with E-state index in [1.54, 1.807) is 0 Å². The van der Waals surface area contributed by atoms with Gasteiger partial charge in [-0.15, -0.1) is 0 Å². The van der Waals surface area contributed by atoms with Gasteiger partial charge in [0.1, 0.15) is 5.60 Å². The number of nitrogens with one attached hydrogen (secondary N) is 1. The summed E-state index contributed by atoms with van der Waals surface area (Å²) < 4.78 is 11.4. The maximum absolute atomic E-state index is 12.0. The molecule has 2 atom stereocenters. The summed E-state index contributed by atoms with van der Waals surface area (Å²) in [5, 5.41) is 2.97. The molecule has 2 unspecified atom stereocenters. The lowest BCUT2D eigenvalue weighted by Gasteiger charge is -2.37. The van der Waals surface area contributed by atoms with Crippen LogP contribution in [0.3, 0.4) is 0 Å². The number of carbonyl (C=O) groups excluding carboxylic acids is 1. The van der Waals surface area contributed by atoms with E-state index in [4.69, 9.17) is 9.47 Å². The number of likely N-dealkylation sites (N-methyl/N-ethyl adjacent to an activating group) is 1. The fourth-order valence-electron chi connectivity index (χ4n) is 2.64. The Labute approximate surface area is 139 Å². The Morgan fingerprint density at radius 1 is 1.30 bits per heavy atom. The van der Waals surface area contributed by atoms with Crippen LogP contribution in [0.25, 0.3) is 0 Å². The molecule has 1 saturated heterocycles. The van der Waals surface area contributed by atoms with Gasteiger partial charge in [0.05, 0.1) is 18.8 Å². The Kier molecular flexibility index (Phi) is 6.02. The number of ether oxygens (including phenoxy) is 2. The number of benzene rings is 1. The number of rotatable bonds is 4. The Morgan fingerprint density at radius 2 is 2.00 bits per heavy atom. The van der Waals surface area contributed by atoms with E-state index in [0.29, 0.717) is 6.61 Å². The van der Waals surface area contributed by atoms with Crippen molar-refractivity contribution in [3.63, 3.8) is 0 Å². The minimum atomic E-state index is -0.490. The molecule has 5 heteroatoms. The first-order valence-corrected chi connectivity index (χ1v) is 8.17. The van der Waals surface area contributed by atoms with Crippen molar-refractivity contribution >= 4 is 6.09 Å². The second kappa shape index (κ2) is 7.79. The van der Waals surface area contributed by atoms with E-state index in [-0.39, 0.29) is 18.2 Å². The maximum atomic E-state index is 12.0.